The lowest BCUT2D eigenvalue weighted by Crippen LogP contribution is -2.59. The number of carbonyl (C=O) groups is 6. The standard InChI is InChI=1S/C30H50N4O9/c1-11-12-13-20(23(36)26(38)31-15-22(35)41-10)32-25(37)21-14-19(43-30(7,8)9)16-34(21)27(39)24(29(4,5)6)33-28(40)42-17-18(2)3/h11,18-21,24H,1,12-17H2,2-10H3,(H,31,38)(H,32,37)(H,33,40)/t19-,20?,21+,24-/m1/s1. The van der Waals surface area contributed by atoms with Gasteiger partial charge in [0.25, 0.3) is 5.91 Å². The molecule has 1 aliphatic rings. The van der Waals surface area contributed by atoms with Gasteiger partial charge in [-0.2, -0.15) is 0 Å². The first kappa shape index (κ1) is 37.5. The van der Waals surface area contributed by atoms with Crippen LogP contribution in [-0.2, 0) is 38.2 Å². The number of rotatable bonds is 14. The average Bonchev–Trinajstić information content (AvgIpc) is 3.31. The number of Topliss-reactive ketones (excluding diaryl/α,β-unsaturated/α-hetero) is 1. The van der Waals surface area contributed by atoms with E-state index in [1.54, 1.807) is 20.8 Å². The van der Waals surface area contributed by atoms with Crippen molar-refractivity contribution in [1.82, 2.24) is 20.9 Å². The van der Waals surface area contributed by atoms with Crippen molar-refractivity contribution in [2.24, 2.45) is 11.3 Å². The lowest BCUT2D eigenvalue weighted by atomic mass is 9.85. The quantitative estimate of drug-likeness (QED) is 0.151. The number of carbonyl (C=O) groups excluding carboxylic acids is 6. The normalized spacial score (nSPS) is 18.3. The highest BCUT2D eigenvalue weighted by Crippen LogP contribution is 2.29. The number of hydrogen-bond acceptors (Lipinski definition) is 9. The second-order valence-electron chi connectivity index (χ2n) is 13.1. The molecule has 1 saturated heterocycles. The molecule has 0 bridgehead atoms. The Bertz CT molecular complexity index is 1030. The number of allylic oxidation sites excluding steroid dienone is 1. The van der Waals surface area contributed by atoms with Crippen molar-refractivity contribution in [3.8, 4) is 0 Å². The van der Waals surface area contributed by atoms with E-state index in [-0.39, 0.29) is 31.9 Å². The maximum absolute atomic E-state index is 14.0. The van der Waals surface area contributed by atoms with Gasteiger partial charge in [0.05, 0.1) is 31.5 Å². The summed E-state index contributed by atoms with van der Waals surface area (Å²) in [6.45, 7) is 18.0. The summed E-state index contributed by atoms with van der Waals surface area (Å²) in [6, 6.07) is -3.35. The van der Waals surface area contributed by atoms with E-state index in [2.05, 4.69) is 27.3 Å². The highest BCUT2D eigenvalue weighted by atomic mass is 16.5. The molecule has 1 rings (SSSR count). The van der Waals surface area contributed by atoms with Crippen LogP contribution >= 0.6 is 0 Å². The van der Waals surface area contributed by atoms with Crippen molar-refractivity contribution in [3.63, 3.8) is 0 Å². The van der Waals surface area contributed by atoms with E-state index in [0.29, 0.717) is 6.42 Å². The second kappa shape index (κ2) is 16.4. The number of ether oxygens (including phenoxy) is 3. The first-order valence-corrected chi connectivity index (χ1v) is 14.5. The first-order valence-electron chi connectivity index (χ1n) is 14.5. The Kier molecular flexibility index (Phi) is 14.3. The van der Waals surface area contributed by atoms with E-state index in [1.807, 2.05) is 34.6 Å². The third-order valence-electron chi connectivity index (χ3n) is 6.43. The Balaban J connectivity index is 3.30. The zero-order chi connectivity index (χ0) is 33.1. The predicted octanol–water partition coefficient (Wildman–Crippen LogP) is 1.88. The van der Waals surface area contributed by atoms with Crippen LogP contribution in [0.1, 0.15) is 74.7 Å². The van der Waals surface area contributed by atoms with Gasteiger partial charge in [-0.05, 0) is 44.9 Å². The van der Waals surface area contributed by atoms with E-state index in [4.69, 9.17) is 9.47 Å². The number of esters is 1. The SMILES string of the molecule is C=CCCC(NC(=O)[C@@H]1C[C@@H](OC(C)(C)C)CN1C(=O)[C@@H](NC(=O)OCC(C)C)C(C)(C)C)C(=O)C(=O)NCC(=O)OC. The van der Waals surface area contributed by atoms with E-state index in [1.165, 1.54) is 11.0 Å². The molecule has 4 atom stereocenters. The van der Waals surface area contributed by atoms with Gasteiger partial charge in [-0.3, -0.25) is 24.0 Å². The molecule has 13 nitrogen and oxygen atoms in total. The van der Waals surface area contributed by atoms with Crippen LogP contribution in [0.15, 0.2) is 12.7 Å². The zero-order valence-corrected chi connectivity index (χ0v) is 27.0. The molecule has 3 N–H and O–H groups in total. The molecule has 1 heterocycles. The van der Waals surface area contributed by atoms with E-state index < -0.39 is 77.4 Å². The minimum absolute atomic E-state index is 0.0639. The Labute approximate surface area is 254 Å². The van der Waals surface area contributed by atoms with Crippen LogP contribution < -0.4 is 16.0 Å². The van der Waals surface area contributed by atoms with E-state index in [0.717, 1.165) is 7.11 Å². The van der Waals surface area contributed by atoms with Gasteiger partial charge in [0.1, 0.15) is 18.6 Å². The molecular formula is C30H50N4O9. The fourth-order valence-corrected chi connectivity index (χ4v) is 4.38. The lowest BCUT2D eigenvalue weighted by molar-refractivity contribution is -0.145. The van der Waals surface area contributed by atoms with Crippen LogP contribution in [-0.4, -0.2) is 97.1 Å². The molecular weight excluding hydrogens is 560 g/mol. The fraction of sp³-hybridized carbons (Fsp3) is 0.733. The van der Waals surface area contributed by atoms with Crippen LogP contribution in [0, 0.1) is 11.3 Å². The number of methoxy groups -OCH3 is 1. The Morgan fingerprint density at radius 1 is 1.02 bits per heavy atom. The number of likely N-dealkylation sites (tertiary alicyclic amines) is 1. The smallest absolute Gasteiger partial charge is 0.407 e. The maximum Gasteiger partial charge on any atom is 0.407 e. The molecule has 13 heteroatoms. The highest BCUT2D eigenvalue weighted by molar-refractivity contribution is 6.38. The summed E-state index contributed by atoms with van der Waals surface area (Å²) in [5.41, 5.74) is -1.33. The van der Waals surface area contributed by atoms with E-state index in [9.17, 15) is 28.8 Å². The van der Waals surface area contributed by atoms with Crippen molar-refractivity contribution >= 4 is 35.6 Å². The van der Waals surface area contributed by atoms with Gasteiger partial charge in [-0.25, -0.2) is 4.79 Å². The van der Waals surface area contributed by atoms with Gasteiger partial charge in [0, 0.05) is 13.0 Å². The lowest BCUT2D eigenvalue weighted by Gasteiger charge is -2.35. The molecule has 1 aliphatic heterocycles. The number of ketones is 1. The fourth-order valence-electron chi connectivity index (χ4n) is 4.38. The molecule has 244 valence electrons. The molecule has 0 spiro atoms. The molecule has 0 saturated carbocycles. The van der Waals surface area contributed by atoms with Gasteiger partial charge in [0.2, 0.25) is 17.6 Å². The Hall–Kier alpha value is -3.48. The summed E-state index contributed by atoms with van der Waals surface area (Å²) in [5.74, 6) is -3.85. The summed E-state index contributed by atoms with van der Waals surface area (Å²) in [6.07, 6.45) is 0.765. The summed E-state index contributed by atoms with van der Waals surface area (Å²) in [4.78, 5) is 78.4. The molecule has 4 amide bonds. The Morgan fingerprint density at radius 2 is 1.65 bits per heavy atom. The van der Waals surface area contributed by atoms with Gasteiger partial charge in [-0.1, -0.05) is 40.7 Å². The molecule has 0 aromatic carbocycles. The van der Waals surface area contributed by atoms with Crippen LogP contribution in [0.25, 0.3) is 0 Å². The zero-order valence-electron chi connectivity index (χ0n) is 27.0. The molecule has 0 radical (unpaired) electrons. The summed E-state index contributed by atoms with van der Waals surface area (Å²) in [7, 11) is 1.14. The largest absolute Gasteiger partial charge is 0.468 e. The molecule has 1 fully saturated rings. The molecule has 0 aromatic heterocycles. The third-order valence-corrected chi connectivity index (χ3v) is 6.43. The molecule has 43 heavy (non-hydrogen) atoms. The maximum atomic E-state index is 14.0. The van der Waals surface area contributed by atoms with Crippen LogP contribution in [0.4, 0.5) is 4.79 Å². The van der Waals surface area contributed by atoms with Gasteiger partial charge in [-0.15, -0.1) is 6.58 Å². The molecule has 0 aliphatic carbocycles. The van der Waals surface area contributed by atoms with E-state index >= 15 is 0 Å². The monoisotopic (exact) mass is 610 g/mol. The van der Waals surface area contributed by atoms with Crippen LogP contribution in [0.5, 0.6) is 0 Å². The van der Waals surface area contributed by atoms with Gasteiger partial charge < -0.3 is 35.1 Å². The number of nitrogens with one attached hydrogen (secondary N) is 3. The highest BCUT2D eigenvalue weighted by Gasteiger charge is 2.46. The molecule has 1 unspecified atom stereocenters. The first-order chi connectivity index (χ1) is 19.8. The number of amides is 4. The van der Waals surface area contributed by atoms with Crippen molar-refractivity contribution in [2.45, 2.75) is 104 Å². The summed E-state index contributed by atoms with van der Waals surface area (Å²) in [5, 5.41) is 7.46. The number of hydrogen-bond donors (Lipinski definition) is 3. The number of alkyl carbamates (subject to hydrolysis) is 1. The van der Waals surface area contributed by atoms with Crippen molar-refractivity contribution in [1.29, 1.82) is 0 Å². The average molecular weight is 611 g/mol. The minimum atomic E-state index is -1.25. The van der Waals surface area contributed by atoms with Crippen LogP contribution in [0.2, 0.25) is 0 Å². The van der Waals surface area contributed by atoms with Gasteiger partial charge >= 0.3 is 12.1 Å². The van der Waals surface area contributed by atoms with Crippen molar-refractivity contribution < 1.29 is 43.0 Å². The predicted molar refractivity (Wildman–Crippen MR) is 159 cm³/mol. The summed E-state index contributed by atoms with van der Waals surface area (Å²) < 4.78 is 15.8. The second-order valence-corrected chi connectivity index (χ2v) is 13.1. The van der Waals surface area contributed by atoms with Crippen LogP contribution in [0.3, 0.4) is 0 Å². The van der Waals surface area contributed by atoms with Gasteiger partial charge in [0.15, 0.2) is 0 Å². The molecule has 0 aromatic rings. The third kappa shape index (κ3) is 12.7. The van der Waals surface area contributed by atoms with Crippen molar-refractivity contribution in [2.75, 3.05) is 26.8 Å². The number of nitrogens with zero attached hydrogens (tertiary/aromatic N) is 1. The Morgan fingerprint density at radius 3 is 2.16 bits per heavy atom. The summed E-state index contributed by atoms with van der Waals surface area (Å²) >= 11 is 0. The van der Waals surface area contributed by atoms with Crippen molar-refractivity contribution in [3.05, 3.63) is 12.7 Å². The topological polar surface area (TPSA) is 169 Å². The minimum Gasteiger partial charge on any atom is -0.468 e.